The smallest absolute Gasteiger partial charge is 0.309 e. The van der Waals surface area contributed by atoms with E-state index in [1.807, 2.05) is 12.1 Å². The first-order valence-corrected chi connectivity index (χ1v) is 6.28. The molecule has 0 saturated heterocycles. The molecular weight excluding hydrogens is 226 g/mol. The monoisotopic (exact) mass is 245 g/mol. The predicted octanol–water partition coefficient (Wildman–Crippen LogP) is 3.53. The minimum absolute atomic E-state index is 0.636. The number of rotatable bonds is 5. The fourth-order valence-corrected chi connectivity index (χ4v) is 2.13. The number of nitrogens with zero attached hydrogens (tertiary/aromatic N) is 1. The van der Waals surface area contributed by atoms with Crippen molar-refractivity contribution in [3.8, 4) is 0 Å². The van der Waals surface area contributed by atoms with Gasteiger partial charge in [0.1, 0.15) is 0 Å². The van der Waals surface area contributed by atoms with E-state index in [-0.39, 0.29) is 0 Å². The highest BCUT2D eigenvalue weighted by atomic mass is 16.4. The van der Waals surface area contributed by atoms with Gasteiger partial charge >= 0.3 is 5.97 Å². The summed E-state index contributed by atoms with van der Waals surface area (Å²) in [5, 5.41) is 10.3. The number of carboxylic acids is 1. The van der Waals surface area contributed by atoms with Gasteiger partial charge in [-0.05, 0) is 44.2 Å². The molecule has 2 aromatic rings. The Labute approximate surface area is 107 Å². The summed E-state index contributed by atoms with van der Waals surface area (Å²) in [5.41, 5.74) is 0.578. The summed E-state index contributed by atoms with van der Waals surface area (Å²) in [7, 11) is 0. The Morgan fingerprint density at radius 3 is 2.72 bits per heavy atom. The van der Waals surface area contributed by atoms with E-state index in [0.717, 1.165) is 13.0 Å². The van der Waals surface area contributed by atoms with Gasteiger partial charge in [0.05, 0.1) is 5.41 Å². The third kappa shape index (κ3) is 2.55. The molecule has 0 bridgehead atoms. The van der Waals surface area contributed by atoms with Crippen molar-refractivity contribution >= 4 is 16.9 Å². The third-order valence-corrected chi connectivity index (χ3v) is 3.46. The Morgan fingerprint density at radius 1 is 1.28 bits per heavy atom. The fourth-order valence-electron chi connectivity index (χ4n) is 2.13. The molecule has 96 valence electrons. The quantitative estimate of drug-likeness (QED) is 0.875. The molecule has 1 aromatic heterocycles. The molecule has 0 amide bonds. The van der Waals surface area contributed by atoms with E-state index in [4.69, 9.17) is 5.11 Å². The van der Waals surface area contributed by atoms with Gasteiger partial charge in [-0.25, -0.2) is 0 Å². The van der Waals surface area contributed by atoms with Crippen molar-refractivity contribution in [1.29, 1.82) is 0 Å². The predicted molar refractivity (Wildman–Crippen MR) is 72.6 cm³/mol. The minimum atomic E-state index is -0.722. The summed E-state index contributed by atoms with van der Waals surface area (Å²) in [5.74, 6) is -0.722. The maximum Gasteiger partial charge on any atom is 0.309 e. The average Bonchev–Trinajstić information content (AvgIpc) is 2.72. The zero-order valence-corrected chi connectivity index (χ0v) is 10.9. The van der Waals surface area contributed by atoms with Gasteiger partial charge < -0.3 is 9.67 Å². The number of aryl methyl sites for hydroxylation is 1. The molecular formula is C15H19NO2. The van der Waals surface area contributed by atoms with Crippen molar-refractivity contribution in [2.45, 2.75) is 33.2 Å². The van der Waals surface area contributed by atoms with Crippen molar-refractivity contribution in [2.75, 3.05) is 0 Å². The summed E-state index contributed by atoms with van der Waals surface area (Å²) >= 11 is 0. The van der Waals surface area contributed by atoms with Gasteiger partial charge in [0.2, 0.25) is 0 Å². The number of fused-ring (bicyclic) bond motifs is 1. The normalized spacial score (nSPS) is 11.9. The van der Waals surface area contributed by atoms with E-state index in [1.54, 1.807) is 13.8 Å². The third-order valence-electron chi connectivity index (χ3n) is 3.46. The van der Waals surface area contributed by atoms with Gasteiger partial charge in [-0.3, -0.25) is 4.79 Å². The van der Waals surface area contributed by atoms with Crippen molar-refractivity contribution in [1.82, 2.24) is 4.57 Å². The molecule has 0 unspecified atom stereocenters. The lowest BCUT2D eigenvalue weighted by Crippen LogP contribution is -2.23. The van der Waals surface area contributed by atoms with Crippen LogP contribution in [0.5, 0.6) is 0 Å². The number of carboxylic acid groups (broad SMARTS) is 1. The van der Waals surface area contributed by atoms with E-state index < -0.39 is 11.4 Å². The molecule has 2 rings (SSSR count). The highest BCUT2D eigenvalue weighted by molar-refractivity contribution is 5.79. The Kier molecular flexibility index (Phi) is 3.41. The first-order chi connectivity index (χ1) is 8.50. The Morgan fingerprint density at radius 2 is 2.00 bits per heavy atom. The summed E-state index contributed by atoms with van der Waals surface area (Å²) in [4.78, 5) is 11.0. The van der Waals surface area contributed by atoms with E-state index in [9.17, 15) is 4.79 Å². The number of hydrogen-bond donors (Lipinski definition) is 1. The maximum atomic E-state index is 11.0. The first-order valence-electron chi connectivity index (χ1n) is 6.28. The Balaban J connectivity index is 2.01. The van der Waals surface area contributed by atoms with Crippen molar-refractivity contribution in [3.63, 3.8) is 0 Å². The van der Waals surface area contributed by atoms with Crippen LogP contribution in [0, 0.1) is 5.41 Å². The van der Waals surface area contributed by atoms with Gasteiger partial charge in [-0.1, -0.05) is 18.2 Å². The van der Waals surface area contributed by atoms with E-state index in [1.165, 1.54) is 10.9 Å². The fraction of sp³-hybridized carbons (Fsp3) is 0.400. The number of carbonyl (C=O) groups is 1. The second kappa shape index (κ2) is 4.84. The second-order valence-corrected chi connectivity index (χ2v) is 5.36. The molecule has 0 fully saturated rings. The summed E-state index contributed by atoms with van der Waals surface area (Å²) in [6.45, 7) is 4.43. The maximum absolute atomic E-state index is 11.0. The Bertz CT molecular complexity index is 554. The van der Waals surface area contributed by atoms with Crippen LogP contribution in [0.25, 0.3) is 10.9 Å². The molecule has 1 heterocycles. The largest absolute Gasteiger partial charge is 0.481 e. The Hall–Kier alpha value is -1.77. The minimum Gasteiger partial charge on any atom is -0.481 e. The van der Waals surface area contributed by atoms with Gasteiger partial charge in [-0.2, -0.15) is 0 Å². The lowest BCUT2D eigenvalue weighted by Gasteiger charge is -2.18. The van der Waals surface area contributed by atoms with Crippen LogP contribution in [-0.4, -0.2) is 15.6 Å². The molecule has 18 heavy (non-hydrogen) atoms. The number of para-hydroxylation sites is 1. The van der Waals surface area contributed by atoms with Gasteiger partial charge in [0, 0.05) is 18.3 Å². The van der Waals surface area contributed by atoms with Crippen LogP contribution < -0.4 is 0 Å². The molecule has 0 aliphatic carbocycles. The topological polar surface area (TPSA) is 42.2 Å². The molecule has 1 aromatic carbocycles. The molecule has 0 atom stereocenters. The molecule has 0 spiro atoms. The van der Waals surface area contributed by atoms with Crippen molar-refractivity contribution < 1.29 is 9.90 Å². The van der Waals surface area contributed by atoms with Crippen LogP contribution in [0.4, 0.5) is 0 Å². The second-order valence-electron chi connectivity index (χ2n) is 5.36. The summed E-state index contributed by atoms with van der Waals surface area (Å²) in [6.07, 6.45) is 3.63. The highest BCUT2D eigenvalue weighted by Crippen LogP contribution is 2.23. The van der Waals surface area contributed by atoms with Crippen LogP contribution in [0.1, 0.15) is 26.7 Å². The van der Waals surface area contributed by atoms with E-state index in [0.29, 0.717) is 6.42 Å². The zero-order chi connectivity index (χ0) is 13.2. The van der Waals surface area contributed by atoms with Gasteiger partial charge in [0.25, 0.3) is 0 Å². The summed E-state index contributed by atoms with van der Waals surface area (Å²) in [6, 6.07) is 10.3. The van der Waals surface area contributed by atoms with Crippen LogP contribution in [0.3, 0.4) is 0 Å². The first kappa shape index (κ1) is 12.7. The van der Waals surface area contributed by atoms with Crippen LogP contribution in [0.2, 0.25) is 0 Å². The zero-order valence-electron chi connectivity index (χ0n) is 10.9. The molecule has 0 radical (unpaired) electrons. The molecule has 0 aliphatic rings. The molecule has 3 heteroatoms. The van der Waals surface area contributed by atoms with Crippen LogP contribution in [-0.2, 0) is 11.3 Å². The number of benzene rings is 1. The highest BCUT2D eigenvalue weighted by Gasteiger charge is 2.26. The van der Waals surface area contributed by atoms with Crippen molar-refractivity contribution in [2.24, 2.45) is 5.41 Å². The number of hydrogen-bond acceptors (Lipinski definition) is 1. The lowest BCUT2D eigenvalue weighted by molar-refractivity contribution is -0.147. The van der Waals surface area contributed by atoms with Crippen LogP contribution >= 0.6 is 0 Å². The molecule has 0 saturated carbocycles. The SMILES string of the molecule is CC(C)(CCCn1ccc2ccccc21)C(=O)O. The summed E-state index contributed by atoms with van der Waals surface area (Å²) < 4.78 is 2.19. The van der Waals surface area contributed by atoms with E-state index >= 15 is 0 Å². The van der Waals surface area contributed by atoms with E-state index in [2.05, 4.69) is 29.0 Å². The van der Waals surface area contributed by atoms with Gasteiger partial charge in [0.15, 0.2) is 0 Å². The lowest BCUT2D eigenvalue weighted by atomic mass is 9.88. The van der Waals surface area contributed by atoms with Crippen molar-refractivity contribution in [3.05, 3.63) is 36.5 Å². The van der Waals surface area contributed by atoms with Gasteiger partial charge in [-0.15, -0.1) is 0 Å². The average molecular weight is 245 g/mol. The standard InChI is InChI=1S/C15H19NO2/c1-15(2,14(17)18)9-5-10-16-11-8-12-6-3-4-7-13(12)16/h3-4,6-8,11H,5,9-10H2,1-2H3,(H,17,18). The molecule has 1 N–H and O–H groups in total. The van der Waals surface area contributed by atoms with Crippen LogP contribution in [0.15, 0.2) is 36.5 Å². The number of aromatic nitrogens is 1. The molecule has 0 aliphatic heterocycles. The molecule has 3 nitrogen and oxygen atoms in total. The number of aliphatic carboxylic acids is 1.